The molecule has 0 N–H and O–H groups in total. The van der Waals surface area contributed by atoms with Crippen LogP contribution in [0.1, 0.15) is 72.4 Å². The first-order valence-electron chi connectivity index (χ1n) is 9.17. The van der Waals surface area contributed by atoms with Crippen LogP contribution in [0, 0.1) is 20.8 Å². The number of nitrogens with zero attached hydrogens (tertiary/aromatic N) is 2. The molecule has 1 aromatic carbocycles. The van der Waals surface area contributed by atoms with Crippen molar-refractivity contribution in [2.45, 2.75) is 66.2 Å². The molecule has 1 heterocycles. The van der Waals surface area contributed by atoms with E-state index in [0.717, 1.165) is 16.7 Å². The Labute approximate surface area is 160 Å². The summed E-state index contributed by atoms with van der Waals surface area (Å²) in [5.74, 6) is 0.569. The highest BCUT2D eigenvalue weighted by Crippen LogP contribution is 2.19. The summed E-state index contributed by atoms with van der Waals surface area (Å²) in [6.07, 6.45) is 1.23. The van der Waals surface area contributed by atoms with Crippen LogP contribution in [-0.2, 0) is 21.4 Å². The van der Waals surface area contributed by atoms with Gasteiger partial charge in [0.15, 0.2) is 12.4 Å². The fourth-order valence-electron chi connectivity index (χ4n) is 2.60. The van der Waals surface area contributed by atoms with Gasteiger partial charge in [-0.1, -0.05) is 32.0 Å². The third-order valence-electron chi connectivity index (χ3n) is 4.42. The zero-order valence-corrected chi connectivity index (χ0v) is 17.0. The molecule has 0 aliphatic rings. The maximum absolute atomic E-state index is 12.3. The zero-order valence-electron chi connectivity index (χ0n) is 17.0. The zero-order chi connectivity index (χ0) is 20.2. The van der Waals surface area contributed by atoms with E-state index in [2.05, 4.69) is 10.1 Å². The minimum Gasteiger partial charge on any atom is -0.457 e. The Kier molecular flexibility index (Phi) is 6.52. The fourth-order valence-corrected chi connectivity index (χ4v) is 2.60. The van der Waals surface area contributed by atoms with Crippen molar-refractivity contribution in [1.29, 1.82) is 0 Å². The number of aryl methyl sites for hydroxylation is 4. The number of benzene rings is 1. The quantitative estimate of drug-likeness (QED) is 0.539. The molecule has 0 saturated heterocycles. The van der Waals surface area contributed by atoms with Crippen molar-refractivity contribution in [1.82, 2.24) is 10.1 Å². The molecule has 0 unspecified atom stereocenters. The van der Waals surface area contributed by atoms with E-state index in [0.29, 0.717) is 30.1 Å². The van der Waals surface area contributed by atoms with Crippen molar-refractivity contribution in [2.24, 2.45) is 0 Å². The van der Waals surface area contributed by atoms with E-state index in [9.17, 15) is 9.59 Å². The molecule has 0 radical (unpaired) electrons. The third kappa shape index (κ3) is 5.74. The van der Waals surface area contributed by atoms with Crippen LogP contribution in [0.4, 0.5) is 0 Å². The summed E-state index contributed by atoms with van der Waals surface area (Å²) in [4.78, 5) is 28.5. The van der Waals surface area contributed by atoms with Crippen LogP contribution >= 0.6 is 0 Å². The molecule has 6 nitrogen and oxygen atoms in total. The third-order valence-corrected chi connectivity index (χ3v) is 4.42. The average Bonchev–Trinajstić information content (AvgIpc) is 3.05. The lowest BCUT2D eigenvalue weighted by molar-refractivity contribution is -0.142. The standard InChI is InChI=1S/C21H28N2O4/c1-13-10-15(3)16(11-14(13)2)17(24)12-26-19(25)9-7-8-18-22-20(23-27-18)21(4,5)6/h10-11H,7-9,12H2,1-6H3. The maximum Gasteiger partial charge on any atom is 0.306 e. The normalized spacial score (nSPS) is 11.5. The largest absolute Gasteiger partial charge is 0.457 e. The number of hydrogen-bond acceptors (Lipinski definition) is 6. The number of aromatic nitrogens is 2. The Morgan fingerprint density at radius 3 is 2.37 bits per heavy atom. The van der Waals surface area contributed by atoms with Crippen molar-refractivity contribution >= 4 is 11.8 Å². The minimum atomic E-state index is -0.402. The number of ketones is 1. The van der Waals surface area contributed by atoms with Crippen LogP contribution in [0.15, 0.2) is 16.7 Å². The van der Waals surface area contributed by atoms with Gasteiger partial charge in [0.05, 0.1) is 0 Å². The summed E-state index contributed by atoms with van der Waals surface area (Å²) in [5, 5.41) is 3.95. The molecule has 0 amide bonds. The van der Waals surface area contributed by atoms with E-state index < -0.39 is 5.97 Å². The highest BCUT2D eigenvalue weighted by Gasteiger charge is 2.21. The van der Waals surface area contributed by atoms with Gasteiger partial charge in [-0.25, -0.2) is 0 Å². The Morgan fingerprint density at radius 2 is 1.74 bits per heavy atom. The first-order valence-corrected chi connectivity index (χ1v) is 9.17. The first-order chi connectivity index (χ1) is 12.6. The molecule has 0 aliphatic carbocycles. The molecule has 0 aliphatic heterocycles. The Bertz CT molecular complexity index is 831. The van der Waals surface area contributed by atoms with Gasteiger partial charge in [-0.3, -0.25) is 9.59 Å². The molecule has 146 valence electrons. The van der Waals surface area contributed by atoms with Crippen molar-refractivity contribution in [2.75, 3.05) is 6.61 Å². The molecule has 0 spiro atoms. The second kappa shape index (κ2) is 8.46. The summed E-state index contributed by atoms with van der Waals surface area (Å²) < 4.78 is 10.3. The van der Waals surface area contributed by atoms with Gasteiger partial charge in [-0.05, 0) is 49.9 Å². The van der Waals surface area contributed by atoms with E-state index in [1.165, 1.54) is 0 Å². The molecule has 2 rings (SSSR count). The van der Waals surface area contributed by atoms with Crippen LogP contribution in [0.25, 0.3) is 0 Å². The smallest absolute Gasteiger partial charge is 0.306 e. The number of ether oxygens (including phenoxy) is 1. The molecule has 0 saturated carbocycles. The van der Waals surface area contributed by atoms with Gasteiger partial charge in [0, 0.05) is 23.8 Å². The molecule has 2 aromatic rings. The van der Waals surface area contributed by atoms with E-state index in [-0.39, 0.29) is 24.2 Å². The maximum atomic E-state index is 12.3. The molecule has 0 fully saturated rings. The van der Waals surface area contributed by atoms with Crippen LogP contribution in [0.3, 0.4) is 0 Å². The van der Waals surface area contributed by atoms with Crippen molar-refractivity contribution < 1.29 is 18.8 Å². The lowest BCUT2D eigenvalue weighted by atomic mass is 9.96. The number of carbonyl (C=O) groups excluding carboxylic acids is 2. The summed E-state index contributed by atoms with van der Waals surface area (Å²) in [7, 11) is 0. The molecule has 0 bridgehead atoms. The van der Waals surface area contributed by atoms with E-state index in [1.54, 1.807) is 0 Å². The molecule has 27 heavy (non-hydrogen) atoms. The Hall–Kier alpha value is -2.50. The SMILES string of the molecule is Cc1cc(C)c(C(=O)COC(=O)CCCc2nc(C(C)(C)C)no2)cc1C. The predicted octanol–water partition coefficient (Wildman–Crippen LogP) is 4.04. The van der Waals surface area contributed by atoms with Crippen LogP contribution in [0.5, 0.6) is 0 Å². The molecule has 1 aromatic heterocycles. The second-order valence-electron chi connectivity index (χ2n) is 7.95. The summed E-state index contributed by atoms with van der Waals surface area (Å²) in [6, 6.07) is 3.82. The molecule has 6 heteroatoms. The van der Waals surface area contributed by atoms with Gasteiger partial charge in [0.25, 0.3) is 0 Å². The molecular weight excluding hydrogens is 344 g/mol. The van der Waals surface area contributed by atoms with Crippen molar-refractivity contribution in [3.8, 4) is 0 Å². The fraction of sp³-hybridized carbons (Fsp3) is 0.524. The topological polar surface area (TPSA) is 82.3 Å². The monoisotopic (exact) mass is 372 g/mol. The van der Waals surface area contributed by atoms with Crippen molar-refractivity contribution in [3.63, 3.8) is 0 Å². The van der Waals surface area contributed by atoms with Crippen molar-refractivity contribution in [3.05, 3.63) is 46.1 Å². The Morgan fingerprint density at radius 1 is 1.07 bits per heavy atom. The van der Waals surface area contributed by atoms with Gasteiger partial charge >= 0.3 is 5.97 Å². The van der Waals surface area contributed by atoms with Gasteiger partial charge in [0.2, 0.25) is 11.7 Å². The van der Waals surface area contributed by atoms with Gasteiger partial charge < -0.3 is 9.26 Å². The first kappa shape index (κ1) is 20.8. The summed E-state index contributed by atoms with van der Waals surface area (Å²) in [6.45, 7) is 11.6. The lowest BCUT2D eigenvalue weighted by Gasteiger charge is -2.10. The number of carbonyl (C=O) groups is 2. The van der Waals surface area contributed by atoms with Gasteiger partial charge in [-0.2, -0.15) is 4.98 Å². The van der Waals surface area contributed by atoms with Crippen LogP contribution < -0.4 is 0 Å². The van der Waals surface area contributed by atoms with E-state index in [1.807, 2.05) is 53.7 Å². The van der Waals surface area contributed by atoms with Crippen LogP contribution in [0.2, 0.25) is 0 Å². The molecular formula is C21H28N2O4. The van der Waals surface area contributed by atoms with Gasteiger partial charge in [-0.15, -0.1) is 0 Å². The molecule has 0 atom stereocenters. The number of esters is 1. The highest BCUT2D eigenvalue weighted by molar-refractivity contribution is 5.99. The number of hydrogen-bond donors (Lipinski definition) is 0. The number of Topliss-reactive ketones (excluding diaryl/α,β-unsaturated/α-hetero) is 1. The minimum absolute atomic E-state index is 0.173. The average molecular weight is 372 g/mol. The lowest BCUT2D eigenvalue weighted by Crippen LogP contribution is -2.15. The number of rotatable bonds is 7. The van der Waals surface area contributed by atoms with Crippen LogP contribution in [-0.4, -0.2) is 28.5 Å². The Balaban J connectivity index is 1.79. The van der Waals surface area contributed by atoms with E-state index >= 15 is 0 Å². The second-order valence-corrected chi connectivity index (χ2v) is 7.95. The van der Waals surface area contributed by atoms with Gasteiger partial charge in [0.1, 0.15) is 0 Å². The van der Waals surface area contributed by atoms with E-state index in [4.69, 9.17) is 9.26 Å². The summed E-state index contributed by atoms with van der Waals surface area (Å²) >= 11 is 0. The summed E-state index contributed by atoms with van der Waals surface area (Å²) in [5.41, 5.74) is 3.51. The highest BCUT2D eigenvalue weighted by atomic mass is 16.5. The predicted molar refractivity (Wildman–Crippen MR) is 102 cm³/mol.